The molecule has 1 aromatic heterocycles. The Bertz CT molecular complexity index is 423. The van der Waals surface area contributed by atoms with Crippen molar-refractivity contribution in [2.45, 2.75) is 33.5 Å². The average molecular weight is 256 g/mol. The predicted molar refractivity (Wildman–Crippen MR) is 69.3 cm³/mol. The molecule has 1 N–H and O–H groups in total. The zero-order valence-electron chi connectivity index (χ0n) is 11.0. The molecule has 0 spiro atoms. The molecule has 1 aromatic rings. The average Bonchev–Trinajstić information content (AvgIpc) is 2.15. The summed E-state index contributed by atoms with van der Waals surface area (Å²) >= 11 is 5.15. The lowest BCUT2D eigenvalue weighted by Gasteiger charge is -2.28. The summed E-state index contributed by atoms with van der Waals surface area (Å²) in [4.78, 5) is 7.55. The van der Waals surface area contributed by atoms with Crippen molar-refractivity contribution in [3.63, 3.8) is 0 Å². The van der Waals surface area contributed by atoms with Crippen LogP contribution in [0.2, 0.25) is 0 Å². The molecule has 0 aromatic carbocycles. The maximum atomic E-state index is 5.51. The van der Waals surface area contributed by atoms with Gasteiger partial charge in [0.05, 0.1) is 6.61 Å². The Hall–Kier alpha value is -0.780. The second-order valence-electron chi connectivity index (χ2n) is 5.04. The van der Waals surface area contributed by atoms with Crippen molar-refractivity contribution in [3.05, 3.63) is 22.2 Å². The normalized spacial score (nSPS) is 13.7. The highest BCUT2D eigenvalue weighted by atomic mass is 32.1. The summed E-state index contributed by atoms with van der Waals surface area (Å²) in [6, 6.07) is 1.80. The Balaban J connectivity index is 3.16. The molecule has 0 amide bonds. The van der Waals surface area contributed by atoms with Gasteiger partial charge < -0.3 is 14.5 Å². The van der Waals surface area contributed by atoms with Gasteiger partial charge in [-0.15, -0.1) is 0 Å². The molecule has 0 saturated heterocycles. The van der Waals surface area contributed by atoms with Gasteiger partial charge in [-0.05, 0) is 11.5 Å². The summed E-state index contributed by atoms with van der Waals surface area (Å²) in [5.41, 5.74) is 0.861. The molecule has 1 rings (SSSR count). The van der Waals surface area contributed by atoms with Crippen LogP contribution in [0.25, 0.3) is 0 Å². The first-order chi connectivity index (χ1) is 7.88. The molecule has 5 heteroatoms. The number of aromatic amines is 1. The molecule has 1 atom stereocenters. The SMILES string of the molecule is COCc1cc(=S)nc(C(OC)C(C)(C)C)[nH]1. The number of hydrogen-bond acceptors (Lipinski definition) is 4. The number of H-pyrrole nitrogens is 1. The smallest absolute Gasteiger partial charge is 0.137 e. The van der Waals surface area contributed by atoms with E-state index in [0.29, 0.717) is 11.2 Å². The van der Waals surface area contributed by atoms with E-state index in [0.717, 1.165) is 11.5 Å². The quantitative estimate of drug-likeness (QED) is 0.841. The fourth-order valence-electron chi connectivity index (χ4n) is 1.76. The van der Waals surface area contributed by atoms with Gasteiger partial charge in [-0.2, -0.15) is 0 Å². The molecule has 1 unspecified atom stereocenters. The maximum absolute atomic E-state index is 5.51. The molecule has 0 aliphatic rings. The molecular weight excluding hydrogens is 236 g/mol. The standard InChI is InChI=1S/C12H20N2O2S/c1-12(2,3)10(16-5)11-13-8(7-15-4)6-9(17)14-11/h6,10H,7H2,1-5H3,(H,13,14,17). The molecule has 0 saturated carbocycles. The van der Waals surface area contributed by atoms with Crippen molar-refractivity contribution in [1.29, 1.82) is 0 Å². The first kappa shape index (κ1) is 14.3. The topological polar surface area (TPSA) is 47.1 Å². The van der Waals surface area contributed by atoms with Crippen molar-refractivity contribution >= 4 is 12.2 Å². The Kier molecular flexibility index (Phi) is 4.80. The third kappa shape index (κ3) is 3.87. The number of aromatic nitrogens is 2. The molecule has 1 heterocycles. The number of rotatable bonds is 4. The van der Waals surface area contributed by atoms with Crippen LogP contribution < -0.4 is 0 Å². The van der Waals surface area contributed by atoms with Gasteiger partial charge in [-0.25, -0.2) is 4.98 Å². The van der Waals surface area contributed by atoms with Crippen molar-refractivity contribution in [2.24, 2.45) is 5.41 Å². The predicted octanol–water partition coefficient (Wildman–Crippen LogP) is 3.02. The van der Waals surface area contributed by atoms with E-state index in [1.165, 1.54) is 0 Å². The van der Waals surface area contributed by atoms with E-state index < -0.39 is 0 Å². The third-order valence-corrected chi connectivity index (χ3v) is 2.60. The van der Waals surface area contributed by atoms with Crippen LogP contribution >= 0.6 is 12.2 Å². The van der Waals surface area contributed by atoms with Gasteiger partial charge in [0, 0.05) is 19.9 Å². The van der Waals surface area contributed by atoms with Crippen molar-refractivity contribution in [2.75, 3.05) is 14.2 Å². The van der Waals surface area contributed by atoms with Crippen LogP contribution in [0.15, 0.2) is 6.07 Å². The van der Waals surface area contributed by atoms with Crippen molar-refractivity contribution < 1.29 is 9.47 Å². The van der Waals surface area contributed by atoms with Crippen LogP contribution in [0.5, 0.6) is 0 Å². The van der Waals surface area contributed by atoms with Crippen LogP contribution in [0, 0.1) is 10.1 Å². The highest BCUT2D eigenvalue weighted by Crippen LogP contribution is 2.33. The first-order valence-electron chi connectivity index (χ1n) is 5.50. The van der Waals surface area contributed by atoms with Crippen LogP contribution in [0.4, 0.5) is 0 Å². The second kappa shape index (κ2) is 5.71. The van der Waals surface area contributed by atoms with Gasteiger partial charge >= 0.3 is 0 Å². The van der Waals surface area contributed by atoms with E-state index in [4.69, 9.17) is 21.7 Å². The molecule has 0 aliphatic carbocycles. The lowest BCUT2D eigenvalue weighted by Crippen LogP contribution is -2.23. The summed E-state index contributed by atoms with van der Waals surface area (Å²) in [7, 11) is 3.33. The van der Waals surface area contributed by atoms with Crippen LogP contribution in [-0.4, -0.2) is 24.2 Å². The molecule has 0 fully saturated rings. The van der Waals surface area contributed by atoms with Crippen LogP contribution in [0.1, 0.15) is 38.4 Å². The maximum Gasteiger partial charge on any atom is 0.137 e. The molecule has 96 valence electrons. The number of nitrogens with zero attached hydrogens (tertiary/aromatic N) is 1. The second-order valence-corrected chi connectivity index (χ2v) is 5.46. The first-order valence-corrected chi connectivity index (χ1v) is 5.91. The molecular formula is C12H20N2O2S. The van der Waals surface area contributed by atoms with Gasteiger partial charge in [0.25, 0.3) is 0 Å². The highest BCUT2D eigenvalue weighted by molar-refractivity contribution is 7.71. The zero-order valence-corrected chi connectivity index (χ0v) is 11.9. The van der Waals surface area contributed by atoms with Gasteiger partial charge in [0.15, 0.2) is 0 Å². The summed E-state index contributed by atoms with van der Waals surface area (Å²) in [5, 5.41) is 0. The van der Waals surface area contributed by atoms with Crippen LogP contribution in [0.3, 0.4) is 0 Å². The molecule has 0 bridgehead atoms. The van der Waals surface area contributed by atoms with E-state index in [1.54, 1.807) is 20.3 Å². The minimum absolute atomic E-state index is 0.0499. The molecule has 17 heavy (non-hydrogen) atoms. The number of hydrogen-bond donors (Lipinski definition) is 1. The van der Waals surface area contributed by atoms with E-state index >= 15 is 0 Å². The molecule has 0 aliphatic heterocycles. The van der Waals surface area contributed by atoms with Crippen molar-refractivity contribution in [3.8, 4) is 0 Å². The largest absolute Gasteiger partial charge is 0.378 e. The summed E-state index contributed by atoms with van der Waals surface area (Å²) in [6.45, 7) is 6.79. The van der Waals surface area contributed by atoms with Crippen molar-refractivity contribution in [1.82, 2.24) is 9.97 Å². The minimum Gasteiger partial charge on any atom is -0.378 e. The molecule has 0 radical (unpaired) electrons. The Labute approximate surface area is 107 Å². The van der Waals surface area contributed by atoms with E-state index in [1.807, 2.05) is 0 Å². The van der Waals surface area contributed by atoms with Gasteiger partial charge in [0.2, 0.25) is 0 Å². The fourth-order valence-corrected chi connectivity index (χ4v) is 2.00. The number of ether oxygens (including phenoxy) is 2. The highest BCUT2D eigenvalue weighted by Gasteiger charge is 2.28. The lowest BCUT2D eigenvalue weighted by atomic mass is 9.88. The fraction of sp³-hybridized carbons (Fsp3) is 0.667. The molecule has 4 nitrogen and oxygen atoms in total. The Morgan fingerprint density at radius 1 is 1.41 bits per heavy atom. The summed E-state index contributed by atoms with van der Waals surface area (Å²) < 4.78 is 11.2. The van der Waals surface area contributed by atoms with E-state index in [-0.39, 0.29) is 11.5 Å². The number of methoxy groups -OCH3 is 2. The van der Waals surface area contributed by atoms with Gasteiger partial charge in [0.1, 0.15) is 16.6 Å². The third-order valence-electron chi connectivity index (χ3n) is 2.39. The van der Waals surface area contributed by atoms with Gasteiger partial charge in [-0.1, -0.05) is 33.0 Å². The Morgan fingerprint density at radius 2 is 2.06 bits per heavy atom. The van der Waals surface area contributed by atoms with Crippen LogP contribution in [-0.2, 0) is 16.1 Å². The lowest BCUT2D eigenvalue weighted by molar-refractivity contribution is 0.00817. The minimum atomic E-state index is -0.124. The monoisotopic (exact) mass is 256 g/mol. The summed E-state index contributed by atoms with van der Waals surface area (Å²) in [6.07, 6.45) is -0.124. The zero-order chi connectivity index (χ0) is 13.1. The van der Waals surface area contributed by atoms with E-state index in [9.17, 15) is 0 Å². The number of nitrogens with one attached hydrogen (secondary N) is 1. The van der Waals surface area contributed by atoms with Gasteiger partial charge in [-0.3, -0.25) is 0 Å². The Morgan fingerprint density at radius 3 is 2.53 bits per heavy atom. The summed E-state index contributed by atoms with van der Waals surface area (Å²) in [5.74, 6) is 0.750. The van der Waals surface area contributed by atoms with E-state index in [2.05, 4.69) is 30.7 Å².